The fraction of sp³-hybridized carbons (Fsp3) is 0.429. The highest BCUT2D eigenvalue weighted by molar-refractivity contribution is 8.01. The number of nitrogens with one attached hydrogen (secondary N) is 1. The lowest BCUT2D eigenvalue weighted by atomic mass is 10.1. The molecule has 0 fully saturated rings. The lowest BCUT2D eigenvalue weighted by molar-refractivity contribution is -0.115. The van der Waals surface area contributed by atoms with Crippen molar-refractivity contribution >= 4 is 28.2 Å². The van der Waals surface area contributed by atoms with Crippen molar-refractivity contribution in [1.82, 2.24) is 10.2 Å². The maximum atomic E-state index is 12.1. The molecule has 1 heterocycles. The minimum Gasteiger partial charge on any atom is -0.492 e. The van der Waals surface area contributed by atoms with Crippen LogP contribution in [-0.2, 0) is 0 Å². The first kappa shape index (κ1) is 17.9. The average Bonchev–Trinajstić information content (AvgIpc) is 2.92. The maximum absolute atomic E-state index is 12.1. The first-order valence-corrected chi connectivity index (χ1v) is 8.61. The van der Waals surface area contributed by atoms with Crippen LogP contribution in [0.1, 0.15) is 11.1 Å². The lowest BCUT2D eigenvalue weighted by Crippen LogP contribution is -2.21. The molecule has 0 saturated heterocycles. The standard InChI is InChI=1S/C14H16F3N3OS2/c1-9-3-4-10(2)11(7-9)21-5-6-22-13-20-19-12(23-13)18-8-14(15,16)17/h3-4,7H,5-6,8H2,1-2H3,(H,18,19). The number of alkyl halides is 3. The van der Waals surface area contributed by atoms with Crippen LogP contribution in [0.3, 0.4) is 0 Å². The van der Waals surface area contributed by atoms with Crippen molar-refractivity contribution in [2.45, 2.75) is 24.4 Å². The van der Waals surface area contributed by atoms with Gasteiger partial charge in [-0.15, -0.1) is 10.2 Å². The molecule has 9 heteroatoms. The highest BCUT2D eigenvalue weighted by Crippen LogP contribution is 2.27. The number of aryl methyl sites for hydroxylation is 2. The van der Waals surface area contributed by atoms with Gasteiger partial charge in [-0.05, 0) is 31.0 Å². The lowest BCUT2D eigenvalue weighted by Gasteiger charge is -2.09. The van der Waals surface area contributed by atoms with E-state index in [1.165, 1.54) is 11.8 Å². The van der Waals surface area contributed by atoms with Gasteiger partial charge < -0.3 is 10.1 Å². The van der Waals surface area contributed by atoms with E-state index in [9.17, 15) is 13.2 Å². The average molecular weight is 363 g/mol. The number of rotatable bonds is 7. The van der Waals surface area contributed by atoms with Gasteiger partial charge in [-0.3, -0.25) is 0 Å². The van der Waals surface area contributed by atoms with Gasteiger partial charge in [0.1, 0.15) is 12.3 Å². The van der Waals surface area contributed by atoms with Gasteiger partial charge in [0.2, 0.25) is 5.13 Å². The number of ether oxygens (including phenoxy) is 1. The van der Waals surface area contributed by atoms with Gasteiger partial charge >= 0.3 is 6.18 Å². The number of nitrogens with zero attached hydrogens (tertiary/aromatic N) is 2. The molecule has 0 unspecified atom stereocenters. The number of benzene rings is 1. The van der Waals surface area contributed by atoms with Crippen LogP contribution in [0.5, 0.6) is 5.75 Å². The first-order valence-electron chi connectivity index (χ1n) is 6.80. The summed E-state index contributed by atoms with van der Waals surface area (Å²) in [4.78, 5) is 0. The van der Waals surface area contributed by atoms with Crippen LogP contribution in [-0.4, -0.2) is 35.3 Å². The van der Waals surface area contributed by atoms with Crippen molar-refractivity contribution in [3.05, 3.63) is 29.3 Å². The first-order chi connectivity index (χ1) is 10.8. The third-order valence-corrected chi connectivity index (χ3v) is 4.74. The Hall–Kier alpha value is -1.48. The molecule has 0 bridgehead atoms. The molecule has 0 aliphatic rings. The summed E-state index contributed by atoms with van der Waals surface area (Å²) < 4.78 is 42.6. The van der Waals surface area contributed by atoms with Gasteiger partial charge in [0.15, 0.2) is 4.34 Å². The molecule has 4 nitrogen and oxygen atoms in total. The van der Waals surface area contributed by atoms with E-state index in [2.05, 4.69) is 15.5 Å². The van der Waals surface area contributed by atoms with E-state index < -0.39 is 12.7 Å². The molecule has 0 radical (unpaired) electrons. The molecule has 0 spiro atoms. The minimum atomic E-state index is -4.27. The molecule has 1 aromatic heterocycles. The van der Waals surface area contributed by atoms with Crippen molar-refractivity contribution in [3.63, 3.8) is 0 Å². The number of hydrogen-bond donors (Lipinski definition) is 1. The van der Waals surface area contributed by atoms with Crippen molar-refractivity contribution in [3.8, 4) is 5.75 Å². The number of hydrogen-bond acceptors (Lipinski definition) is 6. The van der Waals surface area contributed by atoms with Gasteiger partial charge in [0.05, 0.1) is 6.61 Å². The summed E-state index contributed by atoms with van der Waals surface area (Å²) in [5.41, 5.74) is 2.19. The third kappa shape index (κ3) is 6.26. The minimum absolute atomic E-state index is 0.167. The molecule has 2 rings (SSSR count). The monoisotopic (exact) mass is 363 g/mol. The summed E-state index contributed by atoms with van der Waals surface area (Å²) in [6.45, 7) is 3.35. The van der Waals surface area contributed by atoms with E-state index in [1.54, 1.807) is 0 Å². The fourth-order valence-electron chi connectivity index (χ4n) is 1.66. The van der Waals surface area contributed by atoms with E-state index in [1.807, 2.05) is 32.0 Å². The normalized spacial score (nSPS) is 11.5. The second-order valence-corrected chi connectivity index (χ2v) is 7.13. The Labute approximate surface area is 140 Å². The molecule has 0 saturated carbocycles. The fourth-order valence-corrected chi connectivity index (χ4v) is 3.29. The van der Waals surface area contributed by atoms with Crippen molar-refractivity contribution < 1.29 is 17.9 Å². The molecule has 0 aliphatic carbocycles. The molecule has 126 valence electrons. The zero-order valence-corrected chi connectivity index (χ0v) is 14.2. The molecule has 1 aromatic carbocycles. The summed E-state index contributed by atoms with van der Waals surface area (Å²) in [5, 5.41) is 9.89. The second-order valence-electron chi connectivity index (χ2n) is 4.81. The van der Waals surface area contributed by atoms with Crippen LogP contribution in [0.15, 0.2) is 22.5 Å². The summed E-state index contributed by atoms with van der Waals surface area (Å²) >= 11 is 2.50. The molecule has 23 heavy (non-hydrogen) atoms. The Morgan fingerprint density at radius 1 is 1.26 bits per heavy atom. The molecule has 0 atom stereocenters. The van der Waals surface area contributed by atoms with Crippen LogP contribution >= 0.6 is 23.1 Å². The summed E-state index contributed by atoms with van der Waals surface area (Å²) in [5.74, 6) is 1.48. The Morgan fingerprint density at radius 2 is 2.04 bits per heavy atom. The number of anilines is 1. The van der Waals surface area contributed by atoms with E-state index >= 15 is 0 Å². The predicted molar refractivity (Wildman–Crippen MR) is 86.6 cm³/mol. The summed E-state index contributed by atoms with van der Waals surface area (Å²) in [6, 6.07) is 6.00. The van der Waals surface area contributed by atoms with E-state index in [0.717, 1.165) is 28.2 Å². The molecule has 0 amide bonds. The largest absolute Gasteiger partial charge is 0.492 e. The van der Waals surface area contributed by atoms with Crippen LogP contribution in [0.2, 0.25) is 0 Å². The second kappa shape index (κ2) is 7.87. The van der Waals surface area contributed by atoms with E-state index in [4.69, 9.17) is 4.74 Å². The van der Waals surface area contributed by atoms with Crippen molar-refractivity contribution in [2.24, 2.45) is 0 Å². The van der Waals surface area contributed by atoms with Gasteiger partial charge in [0.25, 0.3) is 0 Å². The number of thioether (sulfide) groups is 1. The van der Waals surface area contributed by atoms with Gasteiger partial charge in [-0.1, -0.05) is 35.2 Å². The van der Waals surface area contributed by atoms with Crippen LogP contribution in [0.25, 0.3) is 0 Å². The highest BCUT2D eigenvalue weighted by Gasteiger charge is 2.27. The van der Waals surface area contributed by atoms with Crippen LogP contribution in [0.4, 0.5) is 18.3 Å². The molecule has 0 aliphatic heterocycles. The van der Waals surface area contributed by atoms with Gasteiger partial charge in [-0.2, -0.15) is 13.2 Å². The molecule has 1 N–H and O–H groups in total. The Bertz CT molecular complexity index is 646. The van der Waals surface area contributed by atoms with E-state index in [0.29, 0.717) is 16.7 Å². The zero-order chi connectivity index (χ0) is 16.9. The maximum Gasteiger partial charge on any atom is 0.405 e. The van der Waals surface area contributed by atoms with Crippen molar-refractivity contribution in [2.75, 3.05) is 24.2 Å². The number of halogens is 3. The van der Waals surface area contributed by atoms with Gasteiger partial charge in [0, 0.05) is 5.75 Å². The molecular formula is C14H16F3N3OS2. The van der Waals surface area contributed by atoms with Crippen molar-refractivity contribution in [1.29, 1.82) is 0 Å². The van der Waals surface area contributed by atoms with E-state index in [-0.39, 0.29) is 5.13 Å². The quantitative estimate of drug-likeness (QED) is 0.587. The SMILES string of the molecule is Cc1ccc(C)c(OCCSc2nnc(NCC(F)(F)F)s2)c1. The zero-order valence-electron chi connectivity index (χ0n) is 12.6. The summed E-state index contributed by atoms with van der Waals surface area (Å²) in [7, 11) is 0. The Balaban J connectivity index is 1.74. The summed E-state index contributed by atoms with van der Waals surface area (Å²) in [6.07, 6.45) is -4.27. The Kier molecular flexibility index (Phi) is 6.11. The smallest absolute Gasteiger partial charge is 0.405 e. The highest BCUT2D eigenvalue weighted by atomic mass is 32.2. The Morgan fingerprint density at radius 3 is 2.78 bits per heavy atom. The molecular weight excluding hydrogens is 347 g/mol. The number of aromatic nitrogens is 2. The van der Waals surface area contributed by atoms with Gasteiger partial charge in [-0.25, -0.2) is 0 Å². The third-order valence-electron chi connectivity index (χ3n) is 2.76. The molecule has 2 aromatic rings. The predicted octanol–water partition coefficient (Wildman–Crippen LogP) is 4.30. The topological polar surface area (TPSA) is 47.0 Å². The van der Waals surface area contributed by atoms with Crippen LogP contribution < -0.4 is 10.1 Å². The van der Waals surface area contributed by atoms with Crippen LogP contribution in [0, 0.1) is 13.8 Å².